The molecule has 1 heterocycles. The van der Waals surface area contributed by atoms with Gasteiger partial charge in [0, 0.05) is 11.1 Å². The first-order valence-corrected chi connectivity index (χ1v) is 4.35. The number of aliphatic hydroxyl groups excluding tert-OH is 1. The van der Waals surface area contributed by atoms with E-state index in [4.69, 9.17) is 10.8 Å². The Morgan fingerprint density at radius 3 is 2.73 bits per heavy atom. The molecule has 0 aromatic carbocycles. The van der Waals surface area contributed by atoms with Crippen LogP contribution in [-0.2, 0) is 0 Å². The highest BCUT2D eigenvalue weighted by Crippen LogP contribution is 2.18. The Hall–Kier alpha value is -0.450. The first kappa shape index (κ1) is 8.64. The monoisotopic (exact) mass is 172 g/mol. The van der Waals surface area contributed by atoms with Gasteiger partial charge in [-0.2, -0.15) is 0 Å². The second-order valence-corrected chi connectivity index (χ2v) is 3.48. The number of hydrogen-bond acceptors (Lipinski definition) is 4. The molecule has 0 aliphatic carbocycles. The Morgan fingerprint density at radius 2 is 2.36 bits per heavy atom. The highest BCUT2D eigenvalue weighted by Gasteiger charge is 2.14. The summed E-state index contributed by atoms with van der Waals surface area (Å²) < 4.78 is 0. The van der Waals surface area contributed by atoms with Crippen LogP contribution in [0.25, 0.3) is 0 Å². The van der Waals surface area contributed by atoms with E-state index in [1.54, 1.807) is 6.92 Å². The normalized spacial score (nSPS) is 16.4. The first-order valence-electron chi connectivity index (χ1n) is 3.47. The highest BCUT2D eigenvalue weighted by molar-refractivity contribution is 7.09. The van der Waals surface area contributed by atoms with E-state index in [1.807, 2.05) is 12.3 Å². The predicted molar refractivity (Wildman–Crippen MR) is 45.5 cm³/mol. The molecule has 0 aliphatic heterocycles. The Morgan fingerprint density at radius 1 is 1.73 bits per heavy atom. The fraction of sp³-hybridized carbons (Fsp3) is 0.571. The quantitative estimate of drug-likeness (QED) is 0.694. The second kappa shape index (κ2) is 3.30. The molecule has 0 saturated carbocycles. The molecule has 3 nitrogen and oxygen atoms in total. The summed E-state index contributed by atoms with van der Waals surface area (Å²) in [6, 6.07) is -0.339. The van der Waals surface area contributed by atoms with Crippen molar-refractivity contribution in [2.24, 2.45) is 5.73 Å². The maximum atomic E-state index is 9.13. The number of nitrogens with zero attached hydrogens (tertiary/aromatic N) is 1. The summed E-state index contributed by atoms with van der Waals surface area (Å²) in [6.45, 7) is 3.58. The molecule has 0 radical (unpaired) electrons. The first-order chi connectivity index (χ1) is 5.11. The molecule has 2 atom stereocenters. The maximum absolute atomic E-state index is 9.13. The molecule has 0 bridgehead atoms. The van der Waals surface area contributed by atoms with Crippen LogP contribution in [0.4, 0.5) is 0 Å². The van der Waals surface area contributed by atoms with Crippen LogP contribution in [0.3, 0.4) is 0 Å². The van der Waals surface area contributed by atoms with Crippen LogP contribution in [0, 0.1) is 6.92 Å². The van der Waals surface area contributed by atoms with Crippen LogP contribution >= 0.6 is 11.3 Å². The van der Waals surface area contributed by atoms with Crippen molar-refractivity contribution in [3.63, 3.8) is 0 Å². The van der Waals surface area contributed by atoms with E-state index in [0.29, 0.717) is 0 Å². The Balaban J connectivity index is 2.76. The molecule has 4 heteroatoms. The van der Waals surface area contributed by atoms with E-state index < -0.39 is 6.10 Å². The van der Waals surface area contributed by atoms with Crippen LogP contribution in [0.5, 0.6) is 0 Å². The predicted octanol–water partition coefficient (Wildman–Crippen LogP) is 0.832. The third-order valence-corrected chi connectivity index (χ3v) is 2.51. The van der Waals surface area contributed by atoms with Crippen molar-refractivity contribution in [3.05, 3.63) is 16.1 Å². The molecular weight excluding hydrogens is 160 g/mol. The van der Waals surface area contributed by atoms with Gasteiger partial charge in [0.1, 0.15) is 5.01 Å². The smallest absolute Gasteiger partial charge is 0.112 e. The summed E-state index contributed by atoms with van der Waals surface area (Å²) in [4.78, 5) is 4.17. The summed E-state index contributed by atoms with van der Waals surface area (Å²) in [5, 5.41) is 11.9. The van der Waals surface area contributed by atoms with Gasteiger partial charge in [-0.1, -0.05) is 0 Å². The van der Waals surface area contributed by atoms with Gasteiger partial charge in [0.2, 0.25) is 0 Å². The summed E-state index contributed by atoms with van der Waals surface area (Å²) in [7, 11) is 0. The van der Waals surface area contributed by atoms with Crippen molar-refractivity contribution in [3.8, 4) is 0 Å². The standard InChI is InChI=1S/C7H12N2OS/c1-4-3-11-7(9-4)6(8)5(2)10/h3,5-6,10H,8H2,1-2H3. The number of aromatic nitrogens is 1. The molecule has 2 unspecified atom stereocenters. The molecular formula is C7H12N2OS. The van der Waals surface area contributed by atoms with E-state index in [-0.39, 0.29) is 6.04 Å². The third kappa shape index (κ3) is 1.99. The zero-order valence-electron chi connectivity index (χ0n) is 6.61. The minimum absolute atomic E-state index is 0.339. The molecule has 0 fully saturated rings. The fourth-order valence-corrected chi connectivity index (χ4v) is 1.63. The minimum Gasteiger partial charge on any atom is -0.391 e. The topological polar surface area (TPSA) is 59.1 Å². The largest absolute Gasteiger partial charge is 0.391 e. The van der Waals surface area contributed by atoms with E-state index in [2.05, 4.69) is 4.98 Å². The van der Waals surface area contributed by atoms with Crippen molar-refractivity contribution >= 4 is 11.3 Å². The Labute approximate surface area is 69.9 Å². The van der Waals surface area contributed by atoms with Gasteiger partial charge in [0.15, 0.2) is 0 Å². The van der Waals surface area contributed by atoms with Crippen molar-refractivity contribution in [2.75, 3.05) is 0 Å². The summed E-state index contributed by atoms with van der Waals surface area (Å²) in [5.74, 6) is 0. The molecule has 0 aliphatic rings. The lowest BCUT2D eigenvalue weighted by molar-refractivity contribution is 0.164. The lowest BCUT2D eigenvalue weighted by atomic mass is 10.2. The van der Waals surface area contributed by atoms with Gasteiger partial charge in [-0.25, -0.2) is 4.98 Å². The van der Waals surface area contributed by atoms with Gasteiger partial charge in [0.25, 0.3) is 0 Å². The van der Waals surface area contributed by atoms with Crippen LogP contribution < -0.4 is 5.73 Å². The second-order valence-electron chi connectivity index (χ2n) is 2.59. The van der Waals surface area contributed by atoms with E-state index in [9.17, 15) is 0 Å². The van der Waals surface area contributed by atoms with E-state index >= 15 is 0 Å². The lowest BCUT2D eigenvalue weighted by Gasteiger charge is -2.10. The SMILES string of the molecule is Cc1csc(C(N)C(C)O)n1. The molecule has 0 saturated heterocycles. The maximum Gasteiger partial charge on any atom is 0.112 e. The molecule has 11 heavy (non-hydrogen) atoms. The van der Waals surface area contributed by atoms with Crippen molar-refractivity contribution < 1.29 is 5.11 Å². The van der Waals surface area contributed by atoms with E-state index in [1.165, 1.54) is 11.3 Å². The molecule has 3 N–H and O–H groups in total. The number of aliphatic hydroxyl groups is 1. The number of nitrogens with two attached hydrogens (primary N) is 1. The van der Waals surface area contributed by atoms with Crippen LogP contribution in [0.15, 0.2) is 5.38 Å². The lowest BCUT2D eigenvalue weighted by Crippen LogP contribution is -2.22. The van der Waals surface area contributed by atoms with Gasteiger partial charge in [0.05, 0.1) is 12.1 Å². The summed E-state index contributed by atoms with van der Waals surface area (Å²) >= 11 is 1.49. The molecule has 1 aromatic rings. The summed E-state index contributed by atoms with van der Waals surface area (Å²) in [6.07, 6.45) is -0.527. The average molecular weight is 172 g/mol. The van der Waals surface area contributed by atoms with Crippen molar-refractivity contribution in [1.82, 2.24) is 4.98 Å². The zero-order chi connectivity index (χ0) is 8.43. The fourth-order valence-electron chi connectivity index (χ4n) is 0.732. The van der Waals surface area contributed by atoms with Crippen LogP contribution in [-0.4, -0.2) is 16.2 Å². The number of thiazole rings is 1. The van der Waals surface area contributed by atoms with Gasteiger partial charge in [-0.15, -0.1) is 11.3 Å². The molecule has 1 rings (SSSR count). The third-order valence-electron chi connectivity index (χ3n) is 1.44. The van der Waals surface area contributed by atoms with Gasteiger partial charge in [-0.3, -0.25) is 0 Å². The Kier molecular flexibility index (Phi) is 2.59. The van der Waals surface area contributed by atoms with Gasteiger partial charge in [-0.05, 0) is 13.8 Å². The Bertz CT molecular complexity index is 234. The van der Waals surface area contributed by atoms with Crippen LogP contribution in [0.2, 0.25) is 0 Å². The summed E-state index contributed by atoms with van der Waals surface area (Å²) in [5.41, 5.74) is 6.61. The van der Waals surface area contributed by atoms with Crippen molar-refractivity contribution in [1.29, 1.82) is 0 Å². The van der Waals surface area contributed by atoms with Gasteiger partial charge >= 0.3 is 0 Å². The number of hydrogen-bond donors (Lipinski definition) is 2. The van der Waals surface area contributed by atoms with Crippen molar-refractivity contribution in [2.45, 2.75) is 26.0 Å². The molecule has 62 valence electrons. The molecule has 0 amide bonds. The number of aryl methyl sites for hydroxylation is 1. The minimum atomic E-state index is -0.527. The van der Waals surface area contributed by atoms with Crippen LogP contribution in [0.1, 0.15) is 23.7 Å². The zero-order valence-corrected chi connectivity index (χ0v) is 7.43. The highest BCUT2D eigenvalue weighted by atomic mass is 32.1. The average Bonchev–Trinajstić information content (AvgIpc) is 2.34. The molecule has 1 aromatic heterocycles. The van der Waals surface area contributed by atoms with E-state index in [0.717, 1.165) is 10.7 Å². The molecule has 0 spiro atoms. The van der Waals surface area contributed by atoms with Gasteiger partial charge < -0.3 is 10.8 Å². The number of rotatable bonds is 2.